The van der Waals surface area contributed by atoms with E-state index in [0.717, 1.165) is 25.7 Å². The molecule has 0 saturated heterocycles. The van der Waals surface area contributed by atoms with Gasteiger partial charge < -0.3 is 6.53 Å². The quantitative estimate of drug-likeness (QED) is 0.304. The van der Waals surface area contributed by atoms with Crippen molar-refractivity contribution in [2.24, 2.45) is 0 Å². The maximum atomic E-state index is 10.3. The summed E-state index contributed by atoms with van der Waals surface area (Å²) in [4.78, 5) is 10.3. The number of hydrogen-bond acceptors (Lipinski definition) is 1. The smallest absolute Gasteiger partial charge is 1.00 e. The molecule has 0 amide bonds. The minimum atomic E-state index is -0.671. The molecule has 0 radical (unpaired) electrons. The number of hydrogen-bond donors (Lipinski definition) is 1. The maximum Gasteiger partial charge on any atom is 1.00 e. The number of allylic oxidation sites excluding steroid dienone is 4. The number of carbonyl (C=O) groups is 1. The van der Waals surface area contributed by atoms with Gasteiger partial charge in [0.2, 0.25) is 0 Å². The molecule has 0 spiro atoms. The van der Waals surface area contributed by atoms with Gasteiger partial charge in [-0.25, -0.2) is 0 Å². The number of unbranched alkanes of at least 4 members (excludes halogenated alkanes) is 8. The van der Waals surface area contributed by atoms with Crippen molar-refractivity contribution in [1.29, 1.82) is 0 Å². The van der Waals surface area contributed by atoms with Crippen LogP contribution in [0.2, 0.25) is 0 Å². The van der Waals surface area contributed by atoms with E-state index in [1.807, 2.05) is 0 Å². The van der Waals surface area contributed by atoms with Crippen molar-refractivity contribution < 1.29 is 40.9 Å². The maximum absolute atomic E-state index is 10.3. The van der Waals surface area contributed by atoms with Gasteiger partial charge in [0.25, 0.3) is 0 Å². The van der Waals surface area contributed by atoms with E-state index < -0.39 is 5.97 Å². The topological polar surface area (TPSA) is 37.3 Å². The van der Waals surface area contributed by atoms with Crippen LogP contribution >= 0.6 is 0 Å². The van der Waals surface area contributed by atoms with Crippen molar-refractivity contribution in [3.8, 4) is 0 Å². The summed E-state index contributed by atoms with van der Waals surface area (Å²) >= 11 is 0. The summed E-state index contributed by atoms with van der Waals surface area (Å²) in [7, 11) is 0. The summed E-state index contributed by atoms with van der Waals surface area (Å²) in [6, 6.07) is 0. The normalized spacial score (nSPS) is 11.1. The van der Waals surface area contributed by atoms with Gasteiger partial charge in [-0.1, -0.05) is 63.3 Å². The first-order valence-corrected chi connectivity index (χ1v) is 8.29. The molecule has 0 aromatic carbocycles. The second-order valence-corrected chi connectivity index (χ2v) is 5.37. The first kappa shape index (κ1) is 23.2. The molecule has 0 aromatic rings. The van der Waals surface area contributed by atoms with Crippen LogP contribution in [0.25, 0.3) is 0 Å². The molecule has 0 atom stereocenters. The predicted octanol–water partition coefficient (Wildman–Crippen LogP) is 3.00. The van der Waals surface area contributed by atoms with E-state index in [2.05, 4.69) is 31.2 Å². The number of rotatable bonds is 14. The third-order valence-corrected chi connectivity index (χ3v) is 3.34. The molecule has 0 fully saturated rings. The van der Waals surface area contributed by atoms with Crippen molar-refractivity contribution >= 4 is 5.97 Å². The second-order valence-electron chi connectivity index (χ2n) is 5.37. The van der Waals surface area contributed by atoms with E-state index in [4.69, 9.17) is 5.11 Å². The molecule has 2 nitrogen and oxygen atoms in total. The summed E-state index contributed by atoms with van der Waals surface area (Å²) < 4.78 is 0. The van der Waals surface area contributed by atoms with E-state index in [9.17, 15) is 4.79 Å². The fraction of sp³-hybridized carbons (Fsp3) is 0.722. The van der Waals surface area contributed by atoms with Crippen LogP contribution in [0, 0.1) is 0 Å². The van der Waals surface area contributed by atoms with Gasteiger partial charge in [-0.15, -0.1) is 0 Å². The van der Waals surface area contributed by atoms with Crippen molar-refractivity contribution in [3.05, 3.63) is 24.3 Å². The summed E-state index contributed by atoms with van der Waals surface area (Å²) in [6.45, 7) is 2.23. The first-order chi connectivity index (χ1) is 9.77. The molecule has 0 aromatic heterocycles. The Bertz CT molecular complexity index is 278. The molecule has 0 bridgehead atoms. The van der Waals surface area contributed by atoms with Gasteiger partial charge in [0.05, 0.1) is 0 Å². The van der Waals surface area contributed by atoms with E-state index in [-0.39, 0.29) is 31.0 Å². The Hall–Kier alpha value is -0.0500. The van der Waals surface area contributed by atoms with Crippen LogP contribution in [0.4, 0.5) is 0 Å². The van der Waals surface area contributed by atoms with E-state index in [1.54, 1.807) is 0 Å². The summed E-state index contributed by atoms with van der Waals surface area (Å²) in [6.07, 6.45) is 22.3. The van der Waals surface area contributed by atoms with E-state index >= 15 is 0 Å². The molecule has 1 N–H and O–H groups in total. The van der Waals surface area contributed by atoms with Crippen LogP contribution in [0.3, 0.4) is 0 Å². The number of carboxylic acids is 1. The zero-order valence-electron chi connectivity index (χ0n) is 15.2. The molecule has 0 aliphatic carbocycles. The Balaban J connectivity index is -0.00000180. The second kappa shape index (κ2) is 19.9. The van der Waals surface area contributed by atoms with Crippen LogP contribution in [-0.4, -0.2) is 11.1 Å². The average Bonchev–Trinajstić information content (AvgIpc) is 2.43. The molecule has 0 unspecified atom stereocenters. The van der Waals surface area contributed by atoms with Crippen LogP contribution in [0.15, 0.2) is 24.3 Å². The molecule has 0 aliphatic rings. The largest absolute Gasteiger partial charge is 1.00 e. The Morgan fingerprint density at radius 2 is 1.38 bits per heavy atom. The molecular weight excluding hydrogens is 271 g/mol. The van der Waals surface area contributed by atoms with Crippen LogP contribution < -0.4 is 29.6 Å². The molecule has 0 aliphatic heterocycles. The Morgan fingerprint density at radius 1 is 0.857 bits per heavy atom. The van der Waals surface area contributed by atoms with Gasteiger partial charge in [0.15, 0.2) is 0 Å². The molecule has 21 heavy (non-hydrogen) atoms. The van der Waals surface area contributed by atoms with E-state index in [0.29, 0.717) is 6.42 Å². The van der Waals surface area contributed by atoms with Gasteiger partial charge in [0, 0.05) is 6.42 Å². The van der Waals surface area contributed by atoms with E-state index in [1.165, 1.54) is 44.9 Å². The van der Waals surface area contributed by atoms with Crippen molar-refractivity contribution in [2.75, 3.05) is 0 Å². The summed E-state index contributed by atoms with van der Waals surface area (Å²) in [5.74, 6) is -0.671. The van der Waals surface area contributed by atoms with Gasteiger partial charge in [0.1, 0.15) is 0 Å². The molecule has 118 valence electrons. The Morgan fingerprint density at radius 3 is 1.95 bits per heavy atom. The minimum Gasteiger partial charge on any atom is -1.00 e. The molecule has 0 saturated carbocycles. The number of aliphatic carboxylic acids is 1. The number of carboxylic acid groups (broad SMARTS) is 1. The zero-order chi connectivity index (χ0) is 14.9. The van der Waals surface area contributed by atoms with Gasteiger partial charge >= 0.3 is 35.5 Å². The van der Waals surface area contributed by atoms with Gasteiger partial charge in [-0.05, 0) is 38.5 Å². The Labute approximate surface area is 154 Å². The summed E-state index contributed by atoms with van der Waals surface area (Å²) in [5.41, 5.74) is 0. The van der Waals surface area contributed by atoms with Gasteiger partial charge in [-0.3, -0.25) is 4.79 Å². The van der Waals surface area contributed by atoms with Gasteiger partial charge in [-0.2, -0.15) is 0 Å². The average molecular weight is 304 g/mol. The first-order valence-electron chi connectivity index (χ1n) is 8.29. The zero-order valence-corrected chi connectivity index (χ0v) is 16.2. The SMILES string of the molecule is CCCCCC=CCC=CCCCCCCCC(=O)O.[H-].[Na+]. The molecule has 0 heterocycles. The minimum absolute atomic E-state index is 0. The Kier molecular flexibility index (Phi) is 22.1. The van der Waals surface area contributed by atoms with Crippen LogP contribution in [0.1, 0.15) is 85.4 Å². The molecule has 0 rings (SSSR count). The fourth-order valence-electron chi connectivity index (χ4n) is 2.09. The summed E-state index contributed by atoms with van der Waals surface area (Å²) in [5, 5.41) is 8.50. The van der Waals surface area contributed by atoms with Crippen LogP contribution in [0.5, 0.6) is 0 Å². The standard InChI is InChI=1S/C18H32O2.Na.H/c1-2-3-4-5-6-7-8-9-10-11-12-13-14-15-16-17-18(19)20;;/h6-7,9-10H,2-5,8,11-17H2,1H3,(H,19,20);;/q;+1;-1. The molecular formula is C18H33NaO2. The van der Waals surface area contributed by atoms with Crippen molar-refractivity contribution in [2.45, 2.75) is 84.0 Å². The molecule has 3 heteroatoms. The third-order valence-electron chi connectivity index (χ3n) is 3.34. The van der Waals surface area contributed by atoms with Crippen molar-refractivity contribution in [3.63, 3.8) is 0 Å². The van der Waals surface area contributed by atoms with Crippen LogP contribution in [-0.2, 0) is 4.79 Å². The third kappa shape index (κ3) is 22.4. The fourth-order valence-corrected chi connectivity index (χ4v) is 2.09. The predicted molar refractivity (Wildman–Crippen MR) is 88.1 cm³/mol. The monoisotopic (exact) mass is 304 g/mol. The van der Waals surface area contributed by atoms with Crippen molar-refractivity contribution in [1.82, 2.24) is 0 Å².